The van der Waals surface area contributed by atoms with Gasteiger partial charge in [-0.05, 0) is 46.2 Å². The third kappa shape index (κ3) is 2.90. The van der Waals surface area contributed by atoms with Gasteiger partial charge in [0.05, 0.1) is 16.8 Å². The van der Waals surface area contributed by atoms with Gasteiger partial charge in [-0.2, -0.15) is 0 Å². The lowest BCUT2D eigenvalue weighted by atomic mass is 9.84. The van der Waals surface area contributed by atoms with Crippen LogP contribution in [-0.2, 0) is 20.5 Å². The van der Waals surface area contributed by atoms with Crippen LogP contribution in [0, 0.1) is 0 Å². The van der Waals surface area contributed by atoms with Gasteiger partial charge in [0.15, 0.2) is 0 Å². The lowest BCUT2D eigenvalue weighted by Gasteiger charge is -2.32. The molecule has 0 N–H and O–H groups in total. The van der Waals surface area contributed by atoms with Crippen molar-refractivity contribution in [2.24, 2.45) is 0 Å². The first kappa shape index (κ1) is 15.5. The molecule has 1 aromatic heterocycles. The summed E-state index contributed by atoms with van der Waals surface area (Å²) in [6, 6.07) is 1.71. The smallest absolute Gasteiger partial charge is 0.398 e. The summed E-state index contributed by atoms with van der Waals surface area (Å²) in [5, 5.41) is 0.514. The van der Waals surface area contributed by atoms with Gasteiger partial charge in [0, 0.05) is 17.6 Å². The Morgan fingerprint density at radius 2 is 1.85 bits per heavy atom. The fraction of sp³-hybridized carbons (Fsp3) is 0.571. The number of carbonyl (C=O) groups excluding carboxylic acids is 1. The van der Waals surface area contributed by atoms with Crippen molar-refractivity contribution in [3.63, 3.8) is 0 Å². The minimum absolute atomic E-state index is 0.0529. The summed E-state index contributed by atoms with van der Waals surface area (Å²) in [4.78, 5) is 15.5. The molecule has 20 heavy (non-hydrogen) atoms. The maximum Gasteiger partial charge on any atom is 0.514 e. The summed E-state index contributed by atoms with van der Waals surface area (Å²) >= 11 is 6.19. The van der Waals surface area contributed by atoms with E-state index >= 15 is 0 Å². The lowest BCUT2D eigenvalue weighted by Crippen LogP contribution is -2.41. The van der Waals surface area contributed by atoms with Gasteiger partial charge < -0.3 is 9.31 Å². The van der Waals surface area contributed by atoms with E-state index < -0.39 is 18.3 Å². The third-order valence-electron chi connectivity index (χ3n) is 3.88. The highest BCUT2D eigenvalue weighted by molar-refractivity contribution is 6.61. The van der Waals surface area contributed by atoms with Crippen molar-refractivity contribution in [3.05, 3.63) is 22.8 Å². The van der Waals surface area contributed by atoms with E-state index in [-0.39, 0.29) is 12.2 Å². The Labute approximate surface area is 125 Å². The Bertz CT molecular complexity index is 529. The minimum Gasteiger partial charge on any atom is -0.398 e. The van der Waals surface area contributed by atoms with E-state index in [4.69, 9.17) is 20.9 Å². The first-order valence-corrected chi connectivity index (χ1v) is 6.99. The second-order valence-electron chi connectivity index (χ2n) is 6.17. The van der Waals surface area contributed by atoms with E-state index in [2.05, 4.69) is 4.98 Å². The number of Topliss-reactive ketones (excluding diaryl/α,β-unsaturated/α-hetero) is 1. The van der Waals surface area contributed by atoms with E-state index in [0.717, 1.165) is 5.56 Å². The highest BCUT2D eigenvalue weighted by Crippen LogP contribution is 2.36. The molecule has 0 spiro atoms. The molecule has 0 amide bonds. The molecular weight excluding hydrogens is 276 g/mol. The maximum absolute atomic E-state index is 11.1. The van der Waals surface area contributed by atoms with Gasteiger partial charge in [-0.1, -0.05) is 11.6 Å². The van der Waals surface area contributed by atoms with E-state index in [1.807, 2.05) is 27.7 Å². The Hall–Kier alpha value is -0.905. The van der Waals surface area contributed by atoms with Gasteiger partial charge in [-0.25, -0.2) is 0 Å². The molecular formula is C14H19BClNO3. The molecule has 6 heteroatoms. The Balaban J connectivity index is 2.24. The highest BCUT2D eigenvalue weighted by atomic mass is 35.5. The number of hydrogen-bond donors (Lipinski definition) is 0. The average molecular weight is 296 g/mol. The molecule has 1 saturated heterocycles. The van der Waals surface area contributed by atoms with Crippen molar-refractivity contribution in [1.82, 2.24) is 4.98 Å². The van der Waals surface area contributed by atoms with Crippen molar-refractivity contribution in [2.75, 3.05) is 0 Å². The number of hydrogen-bond acceptors (Lipinski definition) is 4. The number of aromatic nitrogens is 1. The molecule has 0 radical (unpaired) electrons. The molecule has 0 saturated carbocycles. The lowest BCUT2D eigenvalue weighted by molar-refractivity contribution is -0.116. The Morgan fingerprint density at radius 3 is 2.30 bits per heavy atom. The number of halogens is 1. The van der Waals surface area contributed by atoms with Gasteiger partial charge in [0.25, 0.3) is 0 Å². The van der Waals surface area contributed by atoms with Crippen LogP contribution < -0.4 is 5.59 Å². The summed E-state index contributed by atoms with van der Waals surface area (Å²) < 4.78 is 11.8. The molecule has 4 nitrogen and oxygen atoms in total. The molecule has 1 aromatic rings. The molecule has 1 aliphatic rings. The van der Waals surface area contributed by atoms with Gasteiger partial charge in [-0.15, -0.1) is 0 Å². The molecule has 0 aliphatic carbocycles. The molecule has 108 valence electrons. The average Bonchev–Trinajstić information content (AvgIpc) is 2.50. The van der Waals surface area contributed by atoms with Crippen LogP contribution in [0.15, 0.2) is 12.3 Å². The standard InChI is InChI=1S/C14H19BClNO3/c1-9(18)6-10-8-17-12(7-11(10)16)15-19-13(2,3)14(4,5)20-15/h7-8H,6H2,1-5H3. The molecule has 0 aromatic carbocycles. The molecule has 0 bridgehead atoms. The van der Waals surface area contributed by atoms with E-state index in [1.54, 1.807) is 12.3 Å². The van der Waals surface area contributed by atoms with Gasteiger partial charge in [-0.3, -0.25) is 9.78 Å². The quantitative estimate of drug-likeness (QED) is 0.802. The van der Waals surface area contributed by atoms with Crippen LogP contribution in [0.2, 0.25) is 5.02 Å². The molecule has 0 unspecified atom stereocenters. The maximum atomic E-state index is 11.1. The van der Waals surface area contributed by atoms with Gasteiger partial charge >= 0.3 is 7.12 Å². The Morgan fingerprint density at radius 1 is 1.30 bits per heavy atom. The zero-order valence-electron chi connectivity index (χ0n) is 12.5. The number of ketones is 1. The summed E-state index contributed by atoms with van der Waals surface area (Å²) in [7, 11) is -0.538. The summed E-state index contributed by atoms with van der Waals surface area (Å²) in [5.74, 6) is 0.0529. The zero-order valence-corrected chi connectivity index (χ0v) is 13.2. The van der Waals surface area contributed by atoms with Crippen LogP contribution in [0.3, 0.4) is 0 Å². The van der Waals surface area contributed by atoms with Crippen molar-refractivity contribution < 1.29 is 14.1 Å². The molecule has 1 aliphatic heterocycles. The first-order valence-electron chi connectivity index (χ1n) is 6.62. The normalized spacial score (nSPS) is 20.2. The third-order valence-corrected chi connectivity index (χ3v) is 4.24. The molecule has 2 rings (SSSR count). The number of carbonyl (C=O) groups is 1. The van der Waals surface area contributed by atoms with Crippen molar-refractivity contribution in [3.8, 4) is 0 Å². The molecule has 0 atom stereocenters. The number of nitrogens with zero attached hydrogens (tertiary/aromatic N) is 1. The van der Waals surface area contributed by atoms with Crippen LogP contribution in [0.5, 0.6) is 0 Å². The van der Waals surface area contributed by atoms with Crippen molar-refractivity contribution >= 4 is 30.1 Å². The highest BCUT2D eigenvalue weighted by Gasteiger charge is 2.52. The minimum atomic E-state index is -0.538. The van der Waals surface area contributed by atoms with Crippen molar-refractivity contribution in [1.29, 1.82) is 0 Å². The number of pyridine rings is 1. The van der Waals surface area contributed by atoms with Gasteiger partial charge in [0.2, 0.25) is 0 Å². The van der Waals surface area contributed by atoms with E-state index in [1.165, 1.54) is 6.92 Å². The van der Waals surface area contributed by atoms with E-state index in [0.29, 0.717) is 10.6 Å². The number of rotatable bonds is 3. The second-order valence-corrected chi connectivity index (χ2v) is 6.57. The monoisotopic (exact) mass is 295 g/mol. The topological polar surface area (TPSA) is 48.4 Å². The SMILES string of the molecule is CC(=O)Cc1cnc(B2OC(C)(C)C(C)(C)O2)cc1Cl. The second kappa shape index (κ2) is 5.13. The fourth-order valence-electron chi connectivity index (χ4n) is 1.96. The summed E-state index contributed by atoms with van der Waals surface area (Å²) in [6.07, 6.45) is 1.90. The predicted molar refractivity (Wildman–Crippen MR) is 79.3 cm³/mol. The Kier molecular flexibility index (Phi) is 3.97. The molecule has 1 fully saturated rings. The van der Waals surface area contributed by atoms with Crippen LogP contribution in [-0.4, -0.2) is 29.1 Å². The molecule has 2 heterocycles. The van der Waals surface area contributed by atoms with Crippen LogP contribution in [0.4, 0.5) is 0 Å². The summed E-state index contributed by atoms with van der Waals surface area (Å²) in [6.45, 7) is 9.47. The largest absolute Gasteiger partial charge is 0.514 e. The van der Waals surface area contributed by atoms with E-state index in [9.17, 15) is 4.79 Å². The zero-order chi connectivity index (χ0) is 15.1. The predicted octanol–water partition coefficient (Wildman–Crippen LogP) is 2.17. The fourth-order valence-corrected chi connectivity index (χ4v) is 2.19. The van der Waals surface area contributed by atoms with Crippen LogP contribution in [0.25, 0.3) is 0 Å². The van der Waals surface area contributed by atoms with Crippen LogP contribution >= 0.6 is 11.6 Å². The summed E-state index contributed by atoms with van der Waals surface area (Å²) in [5.41, 5.74) is 0.522. The van der Waals surface area contributed by atoms with Crippen molar-refractivity contribution in [2.45, 2.75) is 52.2 Å². The first-order chi connectivity index (χ1) is 9.12. The van der Waals surface area contributed by atoms with Crippen LogP contribution in [0.1, 0.15) is 40.2 Å². The van der Waals surface area contributed by atoms with Gasteiger partial charge in [0.1, 0.15) is 5.78 Å².